The van der Waals surface area contributed by atoms with Gasteiger partial charge in [-0.1, -0.05) is 30.0 Å². The molecule has 1 atom stereocenters. The van der Waals surface area contributed by atoms with Crippen molar-refractivity contribution < 1.29 is 9.18 Å². The van der Waals surface area contributed by atoms with Crippen LogP contribution in [0, 0.1) is 5.82 Å². The van der Waals surface area contributed by atoms with Crippen molar-refractivity contribution in [3.8, 4) is 10.7 Å². The van der Waals surface area contributed by atoms with Gasteiger partial charge in [-0.15, -0.1) is 21.5 Å². The van der Waals surface area contributed by atoms with E-state index in [2.05, 4.69) is 10.2 Å². The van der Waals surface area contributed by atoms with Crippen molar-refractivity contribution in [3.05, 3.63) is 53.2 Å². The van der Waals surface area contributed by atoms with E-state index in [0.717, 1.165) is 16.3 Å². The van der Waals surface area contributed by atoms with Crippen LogP contribution in [-0.2, 0) is 18.4 Å². The van der Waals surface area contributed by atoms with Gasteiger partial charge in [0.15, 0.2) is 11.0 Å². The van der Waals surface area contributed by atoms with Crippen LogP contribution in [0.4, 0.5) is 4.39 Å². The van der Waals surface area contributed by atoms with Crippen LogP contribution in [0.1, 0.15) is 12.5 Å². The minimum atomic E-state index is -0.326. The van der Waals surface area contributed by atoms with Crippen molar-refractivity contribution in [3.63, 3.8) is 0 Å². The zero-order valence-corrected chi connectivity index (χ0v) is 16.4. The molecule has 0 aliphatic heterocycles. The summed E-state index contributed by atoms with van der Waals surface area (Å²) in [5.41, 5.74) is 0.761. The van der Waals surface area contributed by atoms with E-state index in [1.807, 2.05) is 36.1 Å². The Morgan fingerprint density at radius 1 is 1.35 bits per heavy atom. The molecule has 3 aromatic rings. The Hall–Kier alpha value is -2.19. The number of thioether (sulfide) groups is 1. The number of halogens is 1. The number of aromatic nitrogens is 3. The van der Waals surface area contributed by atoms with E-state index in [4.69, 9.17) is 0 Å². The van der Waals surface area contributed by atoms with E-state index in [1.54, 1.807) is 35.4 Å². The van der Waals surface area contributed by atoms with Crippen LogP contribution >= 0.6 is 23.1 Å². The molecule has 3 rings (SSSR count). The molecule has 0 bridgehead atoms. The fourth-order valence-corrected chi connectivity index (χ4v) is 4.22. The molecule has 0 fully saturated rings. The minimum absolute atomic E-state index is 0.0417. The normalized spacial score (nSPS) is 12.2. The van der Waals surface area contributed by atoms with Crippen LogP contribution in [0.25, 0.3) is 10.7 Å². The second-order valence-corrected chi connectivity index (χ2v) is 8.18. The Kier molecular flexibility index (Phi) is 5.73. The van der Waals surface area contributed by atoms with Gasteiger partial charge in [-0.05, 0) is 36.1 Å². The molecule has 26 heavy (non-hydrogen) atoms. The van der Waals surface area contributed by atoms with Gasteiger partial charge in [-0.2, -0.15) is 0 Å². The number of hydrogen-bond acceptors (Lipinski definition) is 5. The van der Waals surface area contributed by atoms with Crippen LogP contribution in [0.3, 0.4) is 0 Å². The number of rotatable bonds is 6. The molecule has 1 aromatic carbocycles. The molecule has 136 valence electrons. The van der Waals surface area contributed by atoms with E-state index in [0.29, 0.717) is 11.7 Å². The lowest BCUT2D eigenvalue weighted by Gasteiger charge is -2.21. The average molecular weight is 391 g/mol. The van der Waals surface area contributed by atoms with Gasteiger partial charge in [0.05, 0.1) is 10.1 Å². The lowest BCUT2D eigenvalue weighted by molar-refractivity contribution is -0.129. The summed E-state index contributed by atoms with van der Waals surface area (Å²) >= 11 is 2.96. The minimum Gasteiger partial charge on any atom is -0.340 e. The summed E-state index contributed by atoms with van der Waals surface area (Å²) in [4.78, 5) is 15.3. The van der Waals surface area contributed by atoms with Crippen LogP contribution < -0.4 is 0 Å². The van der Waals surface area contributed by atoms with Crippen molar-refractivity contribution in [2.75, 3.05) is 7.05 Å². The van der Waals surface area contributed by atoms with Gasteiger partial charge in [0.2, 0.25) is 5.91 Å². The highest BCUT2D eigenvalue weighted by Gasteiger charge is 2.22. The third kappa shape index (κ3) is 4.13. The highest BCUT2D eigenvalue weighted by atomic mass is 32.2. The number of carbonyl (C=O) groups is 1. The Bertz CT molecular complexity index is 894. The summed E-state index contributed by atoms with van der Waals surface area (Å²) in [6, 6.07) is 10.2. The van der Waals surface area contributed by atoms with Crippen LogP contribution in [0.2, 0.25) is 0 Å². The maximum Gasteiger partial charge on any atom is 0.235 e. The smallest absolute Gasteiger partial charge is 0.235 e. The van der Waals surface area contributed by atoms with Gasteiger partial charge >= 0.3 is 0 Å². The lowest BCUT2D eigenvalue weighted by atomic mass is 10.2. The molecule has 8 heteroatoms. The van der Waals surface area contributed by atoms with Crippen molar-refractivity contribution in [1.29, 1.82) is 0 Å². The first-order valence-electron chi connectivity index (χ1n) is 8.05. The molecule has 2 heterocycles. The van der Waals surface area contributed by atoms with Crippen LogP contribution in [-0.4, -0.2) is 37.9 Å². The molecule has 2 aromatic heterocycles. The fraction of sp³-hybridized carbons (Fsp3) is 0.278. The summed E-state index contributed by atoms with van der Waals surface area (Å²) < 4.78 is 15.2. The Balaban J connectivity index is 1.66. The SMILES string of the molecule is CC(Sc1nnc(-c2cccs2)n1C)C(=O)N(C)Cc1cccc(F)c1. The van der Waals surface area contributed by atoms with Crippen molar-refractivity contribution >= 4 is 29.0 Å². The first-order chi connectivity index (χ1) is 12.5. The van der Waals surface area contributed by atoms with E-state index in [1.165, 1.54) is 23.9 Å². The molecule has 0 N–H and O–H groups in total. The molecule has 0 spiro atoms. The van der Waals surface area contributed by atoms with Crippen LogP contribution in [0.5, 0.6) is 0 Å². The zero-order chi connectivity index (χ0) is 18.7. The standard InChI is InChI=1S/C18H19FN4OS2/c1-12(17(24)22(2)11-13-6-4-7-14(19)10-13)26-18-21-20-16(23(18)3)15-8-5-9-25-15/h4-10,12H,11H2,1-3H3. The van der Waals surface area contributed by atoms with E-state index < -0.39 is 0 Å². The van der Waals surface area contributed by atoms with E-state index in [9.17, 15) is 9.18 Å². The topological polar surface area (TPSA) is 51.0 Å². The van der Waals surface area contributed by atoms with E-state index in [-0.39, 0.29) is 17.0 Å². The molecule has 5 nitrogen and oxygen atoms in total. The number of benzene rings is 1. The highest BCUT2D eigenvalue weighted by molar-refractivity contribution is 8.00. The Morgan fingerprint density at radius 2 is 2.15 bits per heavy atom. The molecule has 0 aliphatic carbocycles. The fourth-order valence-electron chi connectivity index (χ4n) is 2.54. The largest absolute Gasteiger partial charge is 0.340 e. The molecular formula is C18H19FN4OS2. The van der Waals surface area contributed by atoms with E-state index >= 15 is 0 Å². The van der Waals surface area contributed by atoms with Crippen molar-refractivity contribution in [1.82, 2.24) is 19.7 Å². The predicted molar refractivity (Wildman–Crippen MR) is 103 cm³/mol. The molecule has 0 aliphatic rings. The number of thiophene rings is 1. The third-order valence-electron chi connectivity index (χ3n) is 3.89. The predicted octanol–water partition coefficient (Wildman–Crippen LogP) is 3.82. The van der Waals surface area contributed by atoms with Gasteiger partial charge in [0.25, 0.3) is 0 Å². The quantitative estimate of drug-likeness (QED) is 0.601. The average Bonchev–Trinajstić information content (AvgIpc) is 3.24. The second-order valence-electron chi connectivity index (χ2n) is 5.93. The van der Waals surface area contributed by atoms with Crippen molar-refractivity contribution in [2.24, 2.45) is 7.05 Å². The van der Waals surface area contributed by atoms with Crippen LogP contribution in [0.15, 0.2) is 46.9 Å². The molecule has 1 unspecified atom stereocenters. The third-order valence-corrected chi connectivity index (χ3v) is 5.88. The monoisotopic (exact) mass is 390 g/mol. The summed E-state index contributed by atoms with van der Waals surface area (Å²) in [6.45, 7) is 2.20. The highest BCUT2D eigenvalue weighted by Crippen LogP contribution is 2.28. The molecule has 0 saturated heterocycles. The first-order valence-corrected chi connectivity index (χ1v) is 9.81. The zero-order valence-electron chi connectivity index (χ0n) is 14.7. The van der Waals surface area contributed by atoms with Gasteiger partial charge in [0, 0.05) is 20.6 Å². The number of amides is 1. The molecule has 1 amide bonds. The summed E-state index contributed by atoms with van der Waals surface area (Å²) in [7, 11) is 3.61. The molecular weight excluding hydrogens is 371 g/mol. The number of carbonyl (C=O) groups excluding carboxylic acids is 1. The molecule has 0 saturated carbocycles. The summed E-state index contributed by atoms with van der Waals surface area (Å²) in [6.07, 6.45) is 0. The Morgan fingerprint density at radius 3 is 2.85 bits per heavy atom. The maximum absolute atomic E-state index is 13.3. The molecule has 0 radical (unpaired) electrons. The number of nitrogens with zero attached hydrogens (tertiary/aromatic N) is 4. The second kappa shape index (κ2) is 8.01. The van der Waals surface area contributed by atoms with Gasteiger partial charge in [-0.3, -0.25) is 4.79 Å². The maximum atomic E-state index is 13.3. The first kappa shape index (κ1) is 18.6. The van der Waals surface area contributed by atoms with Crippen molar-refractivity contribution in [2.45, 2.75) is 23.9 Å². The van der Waals surface area contributed by atoms with Gasteiger partial charge in [0.1, 0.15) is 5.82 Å². The lowest BCUT2D eigenvalue weighted by Crippen LogP contribution is -2.33. The summed E-state index contributed by atoms with van der Waals surface area (Å²) in [5, 5.41) is 10.8. The number of hydrogen-bond donors (Lipinski definition) is 0. The van der Waals surface area contributed by atoms with Gasteiger partial charge < -0.3 is 9.47 Å². The van der Waals surface area contributed by atoms with Gasteiger partial charge in [-0.25, -0.2) is 4.39 Å². The summed E-state index contributed by atoms with van der Waals surface area (Å²) in [5.74, 6) is 0.446. The Labute approximate surface area is 159 Å².